The molecule has 2 aromatic rings. The summed E-state index contributed by atoms with van der Waals surface area (Å²) in [7, 11) is 6.24. The summed E-state index contributed by atoms with van der Waals surface area (Å²) >= 11 is 11.5. The van der Waals surface area contributed by atoms with Crippen molar-refractivity contribution in [1.29, 1.82) is 0 Å². The molecule has 0 aliphatic carbocycles. The highest BCUT2D eigenvalue weighted by molar-refractivity contribution is 7.80. The predicted molar refractivity (Wildman–Crippen MR) is 104 cm³/mol. The number of thiocarbonyl (C=S) groups is 1. The standard InChI is InChI=1S/C17H19ClN2O4S/c1-21-13-6-5-10(7-16(13)24-4)19-17(25)20-12-9-14(22-2)11(18)8-15(12)23-3/h5-9H,1-4H3,(H2,19,20,25). The van der Waals surface area contributed by atoms with E-state index in [0.717, 1.165) is 5.69 Å². The SMILES string of the molecule is COc1cc(NC(=S)Nc2ccc(OC)c(OC)c2)c(OC)cc1Cl. The molecule has 0 aliphatic heterocycles. The lowest BCUT2D eigenvalue weighted by atomic mass is 10.2. The average molecular weight is 383 g/mol. The van der Waals surface area contributed by atoms with Crippen LogP contribution in [0.5, 0.6) is 23.0 Å². The summed E-state index contributed by atoms with van der Waals surface area (Å²) in [5.41, 5.74) is 1.37. The summed E-state index contributed by atoms with van der Waals surface area (Å²) in [4.78, 5) is 0. The van der Waals surface area contributed by atoms with E-state index < -0.39 is 0 Å². The van der Waals surface area contributed by atoms with Crippen LogP contribution in [0, 0.1) is 0 Å². The number of halogens is 1. The third-order valence-electron chi connectivity index (χ3n) is 3.36. The molecule has 0 unspecified atom stereocenters. The molecule has 0 atom stereocenters. The van der Waals surface area contributed by atoms with Crippen molar-refractivity contribution in [2.24, 2.45) is 0 Å². The highest BCUT2D eigenvalue weighted by Gasteiger charge is 2.12. The lowest BCUT2D eigenvalue weighted by Crippen LogP contribution is -2.19. The van der Waals surface area contributed by atoms with Gasteiger partial charge in [-0.25, -0.2) is 0 Å². The van der Waals surface area contributed by atoms with Crippen LogP contribution in [0.4, 0.5) is 11.4 Å². The second-order valence-corrected chi connectivity index (χ2v) is 5.65. The lowest BCUT2D eigenvalue weighted by molar-refractivity contribution is 0.355. The van der Waals surface area contributed by atoms with Crippen molar-refractivity contribution in [2.45, 2.75) is 0 Å². The minimum Gasteiger partial charge on any atom is -0.495 e. The fraction of sp³-hybridized carbons (Fsp3) is 0.235. The first-order valence-corrected chi connectivity index (χ1v) is 8.02. The second-order valence-electron chi connectivity index (χ2n) is 4.84. The molecule has 0 bridgehead atoms. The zero-order valence-electron chi connectivity index (χ0n) is 14.3. The van der Waals surface area contributed by atoms with E-state index >= 15 is 0 Å². The van der Waals surface area contributed by atoms with E-state index in [-0.39, 0.29) is 0 Å². The van der Waals surface area contributed by atoms with Crippen molar-refractivity contribution in [3.05, 3.63) is 35.4 Å². The van der Waals surface area contributed by atoms with Crippen LogP contribution in [-0.4, -0.2) is 33.6 Å². The molecular formula is C17H19ClN2O4S. The second kappa shape index (κ2) is 8.64. The van der Waals surface area contributed by atoms with E-state index in [1.54, 1.807) is 45.6 Å². The number of hydrogen-bond acceptors (Lipinski definition) is 5. The van der Waals surface area contributed by atoms with Gasteiger partial charge in [-0.1, -0.05) is 11.6 Å². The van der Waals surface area contributed by atoms with Gasteiger partial charge in [-0.2, -0.15) is 0 Å². The first-order chi connectivity index (χ1) is 12.0. The van der Waals surface area contributed by atoms with Crippen LogP contribution in [0.1, 0.15) is 0 Å². The summed E-state index contributed by atoms with van der Waals surface area (Å²) < 4.78 is 21.0. The zero-order chi connectivity index (χ0) is 18.4. The van der Waals surface area contributed by atoms with Crippen LogP contribution in [-0.2, 0) is 0 Å². The Balaban J connectivity index is 2.17. The van der Waals surface area contributed by atoms with Crippen LogP contribution < -0.4 is 29.6 Å². The first kappa shape index (κ1) is 19.0. The highest BCUT2D eigenvalue weighted by Crippen LogP contribution is 2.36. The maximum Gasteiger partial charge on any atom is 0.175 e. The molecule has 2 N–H and O–H groups in total. The molecule has 0 saturated carbocycles. The molecule has 2 aromatic carbocycles. The summed E-state index contributed by atoms with van der Waals surface area (Å²) in [5.74, 6) is 2.29. The maximum absolute atomic E-state index is 6.10. The Morgan fingerprint density at radius 3 is 2.04 bits per heavy atom. The molecule has 0 spiro atoms. The molecule has 0 heterocycles. The van der Waals surface area contributed by atoms with Gasteiger partial charge in [-0.05, 0) is 24.4 Å². The molecule has 134 valence electrons. The predicted octanol–water partition coefficient (Wildman–Crippen LogP) is 4.18. The maximum atomic E-state index is 6.10. The number of rotatable bonds is 6. The number of anilines is 2. The van der Waals surface area contributed by atoms with Crippen LogP contribution >= 0.6 is 23.8 Å². The van der Waals surface area contributed by atoms with Crippen molar-refractivity contribution in [3.63, 3.8) is 0 Å². The molecule has 0 amide bonds. The molecular weight excluding hydrogens is 364 g/mol. The fourth-order valence-electron chi connectivity index (χ4n) is 2.16. The van der Waals surface area contributed by atoms with E-state index in [2.05, 4.69) is 10.6 Å². The van der Waals surface area contributed by atoms with Gasteiger partial charge in [-0.3, -0.25) is 0 Å². The van der Waals surface area contributed by atoms with Crippen molar-refractivity contribution in [3.8, 4) is 23.0 Å². The van der Waals surface area contributed by atoms with Gasteiger partial charge in [0.25, 0.3) is 0 Å². The summed E-state index contributed by atoms with van der Waals surface area (Å²) in [6.45, 7) is 0. The Bertz CT molecular complexity index is 771. The topological polar surface area (TPSA) is 61.0 Å². The minimum atomic E-state index is 0.370. The van der Waals surface area contributed by atoms with Crippen LogP contribution in [0.2, 0.25) is 5.02 Å². The van der Waals surface area contributed by atoms with Gasteiger partial charge in [0.15, 0.2) is 16.6 Å². The molecule has 8 heteroatoms. The Hall–Kier alpha value is -2.38. The molecule has 0 fully saturated rings. The number of ether oxygens (including phenoxy) is 4. The van der Waals surface area contributed by atoms with Crippen molar-refractivity contribution < 1.29 is 18.9 Å². The molecule has 0 aromatic heterocycles. The minimum absolute atomic E-state index is 0.370. The molecule has 0 saturated heterocycles. The summed E-state index contributed by atoms with van der Waals surface area (Å²) in [6.07, 6.45) is 0. The average Bonchev–Trinajstić information content (AvgIpc) is 2.62. The van der Waals surface area contributed by atoms with E-state index in [0.29, 0.717) is 38.8 Å². The van der Waals surface area contributed by atoms with Crippen molar-refractivity contribution in [2.75, 3.05) is 39.1 Å². The number of nitrogens with one attached hydrogen (secondary N) is 2. The van der Waals surface area contributed by atoms with Gasteiger partial charge >= 0.3 is 0 Å². The Morgan fingerprint density at radius 2 is 1.44 bits per heavy atom. The van der Waals surface area contributed by atoms with Gasteiger partial charge in [0, 0.05) is 23.9 Å². The van der Waals surface area contributed by atoms with Crippen LogP contribution in [0.3, 0.4) is 0 Å². The largest absolute Gasteiger partial charge is 0.495 e. The van der Waals surface area contributed by atoms with Crippen molar-refractivity contribution >= 4 is 40.3 Å². The summed E-state index contributed by atoms with van der Waals surface area (Å²) in [5, 5.41) is 6.96. The van der Waals surface area contributed by atoms with E-state index in [4.69, 9.17) is 42.8 Å². The zero-order valence-corrected chi connectivity index (χ0v) is 15.9. The summed E-state index contributed by atoms with van der Waals surface area (Å²) in [6, 6.07) is 8.77. The Labute approximate surface area is 157 Å². The van der Waals surface area contributed by atoms with Gasteiger partial charge in [0.05, 0.1) is 39.1 Å². The molecule has 0 aliphatic rings. The smallest absolute Gasteiger partial charge is 0.175 e. The first-order valence-electron chi connectivity index (χ1n) is 7.24. The van der Waals surface area contributed by atoms with E-state index in [9.17, 15) is 0 Å². The van der Waals surface area contributed by atoms with Crippen LogP contribution in [0.25, 0.3) is 0 Å². The molecule has 25 heavy (non-hydrogen) atoms. The molecule has 6 nitrogen and oxygen atoms in total. The molecule has 0 radical (unpaired) electrons. The number of hydrogen-bond donors (Lipinski definition) is 2. The number of methoxy groups -OCH3 is 4. The third kappa shape index (κ3) is 4.58. The third-order valence-corrected chi connectivity index (χ3v) is 3.86. The van der Waals surface area contributed by atoms with Gasteiger partial charge in [0.1, 0.15) is 11.5 Å². The quantitative estimate of drug-likeness (QED) is 0.726. The van der Waals surface area contributed by atoms with Crippen molar-refractivity contribution in [1.82, 2.24) is 0 Å². The van der Waals surface area contributed by atoms with E-state index in [1.165, 1.54) is 7.11 Å². The fourth-order valence-corrected chi connectivity index (χ4v) is 2.62. The molecule has 2 rings (SSSR count). The highest BCUT2D eigenvalue weighted by atomic mass is 35.5. The van der Waals surface area contributed by atoms with Gasteiger partial charge in [-0.15, -0.1) is 0 Å². The lowest BCUT2D eigenvalue weighted by Gasteiger charge is -2.16. The van der Waals surface area contributed by atoms with Gasteiger partial charge < -0.3 is 29.6 Å². The van der Waals surface area contributed by atoms with E-state index in [1.807, 2.05) is 6.07 Å². The normalized spacial score (nSPS) is 9.96. The van der Waals surface area contributed by atoms with Crippen LogP contribution in [0.15, 0.2) is 30.3 Å². The Kier molecular flexibility index (Phi) is 6.55. The van der Waals surface area contributed by atoms with Gasteiger partial charge in [0.2, 0.25) is 0 Å². The monoisotopic (exact) mass is 382 g/mol. The Morgan fingerprint density at radius 1 is 0.800 bits per heavy atom. The number of benzene rings is 2.